The van der Waals surface area contributed by atoms with Gasteiger partial charge in [-0.05, 0) is 91.7 Å². The van der Waals surface area contributed by atoms with Crippen molar-refractivity contribution in [1.82, 2.24) is 15.0 Å². The van der Waals surface area contributed by atoms with E-state index in [9.17, 15) is 0 Å². The van der Waals surface area contributed by atoms with E-state index in [1.165, 1.54) is 27.2 Å². The van der Waals surface area contributed by atoms with Crippen molar-refractivity contribution < 1.29 is 0 Å². The Kier molecular flexibility index (Phi) is 9.64. The predicted octanol–water partition coefficient (Wildman–Crippen LogP) is 14.0. The summed E-state index contributed by atoms with van der Waals surface area (Å²) in [6.45, 7) is 4.83. The van der Waals surface area contributed by atoms with Gasteiger partial charge in [0.1, 0.15) is 8.07 Å². The van der Waals surface area contributed by atoms with Gasteiger partial charge in [0.2, 0.25) is 0 Å². The number of pyridine rings is 1. The summed E-state index contributed by atoms with van der Waals surface area (Å²) in [5.74, 6) is 0.782. The molecule has 0 saturated heterocycles. The van der Waals surface area contributed by atoms with Gasteiger partial charge in [-0.25, -0.2) is 15.0 Å². The molecule has 0 spiro atoms. The molecule has 8 aromatic carbocycles. The smallest absolute Gasteiger partial charge is 0.159 e. The van der Waals surface area contributed by atoms with Crippen LogP contribution in [0.25, 0.3) is 101 Å². The van der Waals surface area contributed by atoms with Gasteiger partial charge in [0, 0.05) is 33.1 Å². The number of hydrogen-bond acceptors (Lipinski definition) is 3. The summed E-state index contributed by atoms with van der Waals surface area (Å²) in [6, 6.07) is 80.1. The molecule has 0 N–H and O–H groups in total. The van der Waals surface area contributed by atoms with Crippen molar-refractivity contribution in [2.24, 2.45) is 0 Å². The maximum atomic E-state index is 5.36. The normalized spacial score (nSPS) is 12.4. The fraction of sp³-hybridized carbons (Fsp3) is 0.0339. The molecule has 0 aliphatic carbocycles. The second kappa shape index (κ2) is 15.9. The maximum absolute atomic E-state index is 5.36. The highest BCUT2D eigenvalue weighted by Gasteiger charge is 2.41. The molecule has 0 unspecified atom stereocenters. The second-order valence-electron chi connectivity index (χ2n) is 16.8. The minimum atomic E-state index is -2.07. The summed E-state index contributed by atoms with van der Waals surface area (Å²) in [4.78, 5) is 15.9. The van der Waals surface area contributed by atoms with Crippen molar-refractivity contribution in [1.29, 1.82) is 0 Å². The molecule has 63 heavy (non-hydrogen) atoms. The third-order valence-corrected chi connectivity index (χ3v) is 15.8. The predicted molar refractivity (Wildman–Crippen MR) is 266 cm³/mol. The zero-order chi connectivity index (χ0) is 42.3. The number of rotatable bonds is 8. The molecule has 0 bridgehead atoms. The Morgan fingerprint density at radius 3 is 1.29 bits per heavy atom. The van der Waals surface area contributed by atoms with Crippen LogP contribution in [0.1, 0.15) is 0 Å². The van der Waals surface area contributed by atoms with Gasteiger partial charge < -0.3 is 0 Å². The number of aromatic nitrogens is 3. The highest BCUT2D eigenvalue weighted by atomic mass is 28.3. The molecule has 0 fully saturated rings. The molecule has 2 aromatic heterocycles. The molecule has 0 saturated carbocycles. The zero-order valence-electron chi connectivity index (χ0n) is 35.2. The molecule has 298 valence electrons. The maximum Gasteiger partial charge on any atom is 0.159 e. The standard InChI is InChI=1S/C59H43N3Si/c1-63(2)55-33-13-12-32-52(55)56-57(61-58(62-59(56)63)42-22-10-5-11-23-42)50-31-17-29-48(37-50)46-27-15-25-44(35-46)43-24-14-26-45(34-43)47-28-16-30-49(36-47)54-39-51(40-18-6-3-7-19-40)38-53(60-54)41-20-8-4-9-21-41/h3-39H,1-2H3. The third kappa shape index (κ3) is 7.20. The minimum Gasteiger partial charge on any atom is -0.248 e. The Morgan fingerprint density at radius 1 is 0.302 bits per heavy atom. The van der Waals surface area contributed by atoms with E-state index in [4.69, 9.17) is 15.0 Å². The van der Waals surface area contributed by atoms with Crippen LogP contribution in [0.15, 0.2) is 224 Å². The molecule has 3 nitrogen and oxygen atoms in total. The van der Waals surface area contributed by atoms with E-state index in [1.807, 2.05) is 12.1 Å². The molecule has 0 amide bonds. The molecule has 11 rings (SSSR count). The number of fused-ring (bicyclic) bond motifs is 3. The van der Waals surface area contributed by atoms with Crippen LogP contribution in [0.5, 0.6) is 0 Å². The van der Waals surface area contributed by atoms with Gasteiger partial charge in [-0.2, -0.15) is 0 Å². The lowest BCUT2D eigenvalue weighted by Gasteiger charge is -2.19. The van der Waals surface area contributed by atoms with Crippen LogP contribution in [0.2, 0.25) is 13.1 Å². The number of benzene rings is 8. The van der Waals surface area contributed by atoms with Crippen LogP contribution in [-0.2, 0) is 0 Å². The first kappa shape index (κ1) is 38.2. The Bertz CT molecular complexity index is 3250. The largest absolute Gasteiger partial charge is 0.248 e. The van der Waals surface area contributed by atoms with E-state index in [0.29, 0.717) is 0 Å². The molecule has 0 atom stereocenters. The van der Waals surface area contributed by atoms with E-state index in [2.05, 4.69) is 225 Å². The molecule has 0 radical (unpaired) electrons. The molecule has 3 heterocycles. The average molecular weight is 822 g/mol. The quantitative estimate of drug-likeness (QED) is 0.143. The lowest BCUT2D eigenvalue weighted by atomic mass is 9.94. The van der Waals surface area contributed by atoms with Gasteiger partial charge in [-0.15, -0.1) is 0 Å². The summed E-state index contributed by atoms with van der Waals surface area (Å²) >= 11 is 0. The Hall–Kier alpha value is -7.79. The fourth-order valence-corrected chi connectivity index (χ4v) is 12.1. The summed E-state index contributed by atoms with van der Waals surface area (Å²) in [5, 5.41) is 2.63. The first-order valence-electron chi connectivity index (χ1n) is 21.6. The van der Waals surface area contributed by atoms with Crippen molar-refractivity contribution in [2.75, 3.05) is 0 Å². The monoisotopic (exact) mass is 821 g/mol. The lowest BCUT2D eigenvalue weighted by Crippen LogP contribution is -2.50. The molecule has 1 aliphatic heterocycles. The molecular weight excluding hydrogens is 779 g/mol. The first-order chi connectivity index (χ1) is 31.0. The van der Waals surface area contributed by atoms with Crippen LogP contribution in [-0.4, -0.2) is 23.0 Å². The summed E-state index contributed by atoms with van der Waals surface area (Å²) in [5.41, 5.74) is 18.9. The van der Waals surface area contributed by atoms with Gasteiger partial charge in [0.25, 0.3) is 0 Å². The lowest BCUT2D eigenvalue weighted by molar-refractivity contribution is 1.21. The Balaban J connectivity index is 0.948. The summed E-state index contributed by atoms with van der Waals surface area (Å²) < 4.78 is 0. The van der Waals surface area contributed by atoms with Crippen LogP contribution in [0.4, 0.5) is 0 Å². The first-order valence-corrected chi connectivity index (χ1v) is 24.6. The highest BCUT2D eigenvalue weighted by molar-refractivity contribution is 7.03. The Morgan fingerprint density at radius 2 is 0.714 bits per heavy atom. The summed E-state index contributed by atoms with van der Waals surface area (Å²) in [7, 11) is -2.07. The second-order valence-corrected chi connectivity index (χ2v) is 21.1. The highest BCUT2D eigenvalue weighted by Crippen LogP contribution is 2.39. The van der Waals surface area contributed by atoms with Gasteiger partial charge in [-0.1, -0.05) is 201 Å². The van der Waals surface area contributed by atoms with Gasteiger partial charge in [-0.3, -0.25) is 0 Å². The summed E-state index contributed by atoms with van der Waals surface area (Å²) in [6.07, 6.45) is 0. The van der Waals surface area contributed by atoms with Crippen LogP contribution < -0.4 is 10.5 Å². The van der Waals surface area contributed by atoms with Gasteiger partial charge in [0.15, 0.2) is 5.82 Å². The van der Waals surface area contributed by atoms with E-state index >= 15 is 0 Å². The average Bonchev–Trinajstić information content (AvgIpc) is 3.60. The van der Waals surface area contributed by atoms with Crippen molar-refractivity contribution in [2.45, 2.75) is 13.1 Å². The third-order valence-electron chi connectivity index (χ3n) is 12.4. The van der Waals surface area contributed by atoms with Crippen LogP contribution in [0.3, 0.4) is 0 Å². The number of hydrogen-bond donors (Lipinski definition) is 0. The van der Waals surface area contributed by atoms with Crippen molar-refractivity contribution in [3.05, 3.63) is 224 Å². The van der Waals surface area contributed by atoms with E-state index in [-0.39, 0.29) is 0 Å². The van der Waals surface area contributed by atoms with Gasteiger partial charge in [0.05, 0.1) is 17.1 Å². The Labute approximate surface area is 370 Å². The van der Waals surface area contributed by atoms with Crippen molar-refractivity contribution >= 4 is 18.6 Å². The fourth-order valence-electron chi connectivity index (χ4n) is 9.16. The van der Waals surface area contributed by atoms with Crippen LogP contribution >= 0.6 is 0 Å². The van der Waals surface area contributed by atoms with E-state index in [1.54, 1.807) is 0 Å². The van der Waals surface area contributed by atoms with Crippen molar-refractivity contribution in [3.8, 4) is 101 Å². The van der Waals surface area contributed by atoms with E-state index in [0.717, 1.165) is 84.1 Å². The molecular formula is C59H43N3Si. The van der Waals surface area contributed by atoms with Crippen molar-refractivity contribution in [3.63, 3.8) is 0 Å². The van der Waals surface area contributed by atoms with Crippen LogP contribution in [0, 0.1) is 0 Å². The minimum absolute atomic E-state index is 0.782. The molecule has 10 aromatic rings. The SMILES string of the molecule is C[Si]1(C)c2ccccc2-c2c(-c3cccc(-c4cccc(-c5cccc(-c6cccc(-c7cc(-c8ccccc8)cc(-c8ccccc8)n7)c6)c5)c4)c3)nc(-c3ccccc3)nc21. The topological polar surface area (TPSA) is 38.7 Å². The van der Waals surface area contributed by atoms with E-state index < -0.39 is 8.07 Å². The number of nitrogens with zero attached hydrogens (tertiary/aromatic N) is 3. The van der Waals surface area contributed by atoms with Gasteiger partial charge >= 0.3 is 0 Å². The zero-order valence-corrected chi connectivity index (χ0v) is 36.2. The molecule has 1 aliphatic rings. The molecule has 4 heteroatoms.